The lowest BCUT2D eigenvalue weighted by Crippen LogP contribution is -2.43. The van der Waals surface area contributed by atoms with Gasteiger partial charge >= 0.3 is 5.91 Å². The lowest BCUT2D eigenvalue weighted by atomic mass is 9.93. The molecule has 1 aliphatic carbocycles. The molecule has 0 aliphatic heterocycles. The Balaban J connectivity index is 1.38. The van der Waals surface area contributed by atoms with Gasteiger partial charge in [0, 0.05) is 22.6 Å². The molecule has 0 saturated heterocycles. The summed E-state index contributed by atoms with van der Waals surface area (Å²) in [5.74, 6) is -0.00310. The second-order valence-corrected chi connectivity index (χ2v) is 8.45. The van der Waals surface area contributed by atoms with Crippen molar-refractivity contribution in [2.45, 2.75) is 26.2 Å². The Labute approximate surface area is 206 Å². The van der Waals surface area contributed by atoms with Gasteiger partial charge in [0.1, 0.15) is 11.5 Å². The number of carbonyl (C=O) groups excluding carboxylic acids is 2. The summed E-state index contributed by atoms with van der Waals surface area (Å²) in [6, 6.07) is 14.3. The molecule has 1 aliphatic rings. The molecule has 0 saturated carbocycles. The first-order chi connectivity index (χ1) is 16.4. The molecule has 1 aromatic heterocycles. The van der Waals surface area contributed by atoms with E-state index in [0.29, 0.717) is 28.5 Å². The molecule has 0 atom stereocenters. The molecule has 0 spiro atoms. The Bertz CT molecular complexity index is 1240. The predicted molar refractivity (Wildman–Crippen MR) is 131 cm³/mol. The highest BCUT2D eigenvalue weighted by Gasteiger charge is 2.28. The topological polar surface area (TPSA) is 105 Å². The number of benzene rings is 2. The molecule has 2 amide bonds. The van der Waals surface area contributed by atoms with Crippen LogP contribution < -0.4 is 21.0 Å². The van der Waals surface area contributed by atoms with Crippen molar-refractivity contribution in [1.29, 1.82) is 0 Å². The Morgan fingerprint density at radius 2 is 1.88 bits per heavy atom. The number of carbonyl (C=O) groups is 2. The van der Waals surface area contributed by atoms with Crippen molar-refractivity contribution in [1.82, 2.24) is 10.9 Å². The lowest BCUT2D eigenvalue weighted by molar-refractivity contribution is -0.123. The van der Waals surface area contributed by atoms with E-state index in [4.69, 9.17) is 32.4 Å². The predicted octanol–water partition coefficient (Wildman–Crippen LogP) is 4.89. The highest BCUT2D eigenvalue weighted by molar-refractivity contribution is 6.35. The summed E-state index contributed by atoms with van der Waals surface area (Å²) >= 11 is 11.9. The third kappa shape index (κ3) is 5.52. The maximum Gasteiger partial charge on any atom is 0.305 e. The van der Waals surface area contributed by atoms with Crippen LogP contribution in [-0.2, 0) is 11.2 Å². The quantitative estimate of drug-likeness (QED) is 0.418. The van der Waals surface area contributed by atoms with E-state index in [9.17, 15) is 9.59 Å². The van der Waals surface area contributed by atoms with E-state index in [1.165, 1.54) is 6.07 Å². The molecule has 1 heterocycles. The number of hydrogen-bond acceptors (Lipinski definition) is 6. The molecule has 0 unspecified atom stereocenters. The number of para-hydroxylation sites is 1. The fourth-order valence-corrected chi connectivity index (χ4v) is 4.06. The van der Waals surface area contributed by atoms with E-state index in [1.54, 1.807) is 19.1 Å². The van der Waals surface area contributed by atoms with Gasteiger partial charge in [-0.25, -0.2) is 0 Å². The summed E-state index contributed by atoms with van der Waals surface area (Å²) in [7, 11) is 0. The molecular weight excluding hydrogens is 479 g/mol. The molecule has 8 nitrogen and oxygen atoms in total. The van der Waals surface area contributed by atoms with E-state index >= 15 is 0 Å². The van der Waals surface area contributed by atoms with Crippen molar-refractivity contribution in [3.8, 4) is 5.75 Å². The zero-order valence-corrected chi connectivity index (χ0v) is 19.8. The summed E-state index contributed by atoms with van der Waals surface area (Å²) in [4.78, 5) is 24.8. The SMILES string of the molecule is Cc1c(C(=O)NNC(=O)COc2ccc(Cl)cc2Cl)oc2c1/C(=N/Nc1ccccc1)CCC2. The summed E-state index contributed by atoms with van der Waals surface area (Å²) in [5, 5.41) is 5.27. The Hall–Kier alpha value is -3.49. The summed E-state index contributed by atoms with van der Waals surface area (Å²) < 4.78 is 11.2. The molecular formula is C24H22Cl2N4O4. The third-order valence-electron chi connectivity index (χ3n) is 5.19. The Kier molecular flexibility index (Phi) is 7.40. The first-order valence-corrected chi connectivity index (χ1v) is 11.3. The number of hydrogen-bond donors (Lipinski definition) is 3. The van der Waals surface area contributed by atoms with E-state index in [2.05, 4.69) is 21.4 Å². The normalized spacial score (nSPS) is 13.8. The summed E-state index contributed by atoms with van der Waals surface area (Å²) in [6.07, 6.45) is 2.32. The fourth-order valence-electron chi connectivity index (χ4n) is 3.60. The van der Waals surface area contributed by atoms with Crippen LogP contribution in [0.15, 0.2) is 58.0 Å². The van der Waals surface area contributed by atoms with E-state index in [0.717, 1.165) is 29.8 Å². The van der Waals surface area contributed by atoms with Crippen LogP contribution in [0.5, 0.6) is 5.75 Å². The molecule has 3 aromatic rings. The molecule has 3 N–H and O–H groups in total. The van der Waals surface area contributed by atoms with Crippen LogP contribution in [0, 0.1) is 6.92 Å². The minimum Gasteiger partial charge on any atom is -0.482 e. The fraction of sp³-hybridized carbons (Fsp3) is 0.208. The van der Waals surface area contributed by atoms with Crippen LogP contribution in [0.1, 0.15) is 40.3 Å². The average molecular weight is 501 g/mol. The zero-order chi connectivity index (χ0) is 24.1. The maximum atomic E-state index is 12.7. The number of fused-ring (bicyclic) bond motifs is 1. The minimum atomic E-state index is -0.569. The van der Waals surface area contributed by atoms with Crippen LogP contribution in [0.3, 0.4) is 0 Å². The largest absolute Gasteiger partial charge is 0.482 e. The Morgan fingerprint density at radius 3 is 2.65 bits per heavy atom. The van der Waals surface area contributed by atoms with Crippen molar-refractivity contribution in [3.63, 3.8) is 0 Å². The van der Waals surface area contributed by atoms with Gasteiger partial charge in [-0.3, -0.25) is 25.9 Å². The first kappa shape index (κ1) is 23.7. The van der Waals surface area contributed by atoms with E-state index < -0.39 is 11.8 Å². The van der Waals surface area contributed by atoms with Gasteiger partial charge in [-0.2, -0.15) is 5.10 Å². The molecule has 176 valence electrons. The van der Waals surface area contributed by atoms with Crippen LogP contribution in [0.2, 0.25) is 10.0 Å². The number of hydrazine groups is 1. The molecule has 2 aromatic carbocycles. The number of hydrazone groups is 1. The van der Waals surface area contributed by atoms with Crippen LogP contribution in [0.25, 0.3) is 0 Å². The van der Waals surface area contributed by atoms with E-state index in [1.807, 2.05) is 30.3 Å². The Morgan fingerprint density at radius 1 is 1.09 bits per heavy atom. The second-order valence-electron chi connectivity index (χ2n) is 7.61. The lowest BCUT2D eigenvalue weighted by Gasteiger charge is -2.13. The number of nitrogens with zero attached hydrogens (tertiary/aromatic N) is 1. The molecule has 0 bridgehead atoms. The van der Waals surface area contributed by atoms with Gasteiger partial charge in [0.15, 0.2) is 12.4 Å². The molecule has 0 radical (unpaired) electrons. The van der Waals surface area contributed by atoms with Gasteiger partial charge in [-0.1, -0.05) is 41.4 Å². The average Bonchev–Trinajstić information content (AvgIpc) is 3.18. The molecule has 10 heteroatoms. The van der Waals surface area contributed by atoms with Gasteiger partial charge in [0.25, 0.3) is 5.91 Å². The van der Waals surface area contributed by atoms with Crippen molar-refractivity contribution < 1.29 is 18.7 Å². The number of aryl methyl sites for hydroxylation is 1. The van der Waals surface area contributed by atoms with Crippen molar-refractivity contribution >= 4 is 46.4 Å². The molecule has 0 fully saturated rings. The van der Waals surface area contributed by atoms with Crippen molar-refractivity contribution in [2.75, 3.05) is 12.0 Å². The number of furan rings is 1. The number of amides is 2. The third-order valence-corrected chi connectivity index (χ3v) is 5.72. The molecule has 4 rings (SSSR count). The van der Waals surface area contributed by atoms with Crippen LogP contribution in [0.4, 0.5) is 5.69 Å². The highest BCUT2D eigenvalue weighted by atomic mass is 35.5. The van der Waals surface area contributed by atoms with Crippen molar-refractivity contribution in [3.05, 3.63) is 81.2 Å². The minimum absolute atomic E-state index is 0.126. The van der Waals surface area contributed by atoms with Crippen molar-refractivity contribution in [2.24, 2.45) is 5.10 Å². The van der Waals surface area contributed by atoms with Gasteiger partial charge in [0.2, 0.25) is 0 Å². The second kappa shape index (κ2) is 10.6. The smallest absolute Gasteiger partial charge is 0.305 e. The van der Waals surface area contributed by atoms with Crippen LogP contribution >= 0.6 is 23.2 Å². The first-order valence-electron chi connectivity index (χ1n) is 10.6. The molecule has 34 heavy (non-hydrogen) atoms. The number of ether oxygens (including phenoxy) is 1. The summed E-state index contributed by atoms with van der Waals surface area (Å²) in [6.45, 7) is 1.45. The standard InChI is InChI=1S/C24H22Cl2N4O4/c1-14-22-18(28-27-16-6-3-2-4-7-16)8-5-9-20(22)34-23(14)24(32)30-29-21(31)13-33-19-11-10-15(25)12-17(19)26/h2-4,6-7,10-12,27H,5,8-9,13H2,1H3,(H,29,31)(H,30,32)/b28-18+. The monoisotopic (exact) mass is 500 g/mol. The zero-order valence-electron chi connectivity index (χ0n) is 18.3. The van der Waals surface area contributed by atoms with E-state index in [-0.39, 0.29) is 17.4 Å². The summed E-state index contributed by atoms with van der Waals surface area (Å²) in [5.41, 5.74) is 10.9. The maximum absolute atomic E-state index is 12.7. The van der Waals surface area contributed by atoms with Gasteiger partial charge in [0.05, 0.1) is 16.4 Å². The highest BCUT2D eigenvalue weighted by Crippen LogP contribution is 2.30. The van der Waals surface area contributed by atoms with Gasteiger partial charge in [-0.05, 0) is 50.1 Å². The number of rotatable bonds is 6. The number of halogens is 2. The number of anilines is 1. The van der Waals surface area contributed by atoms with Gasteiger partial charge in [-0.15, -0.1) is 0 Å². The number of nitrogens with one attached hydrogen (secondary N) is 3. The van der Waals surface area contributed by atoms with Gasteiger partial charge < -0.3 is 9.15 Å². The van der Waals surface area contributed by atoms with Crippen LogP contribution in [-0.4, -0.2) is 24.1 Å².